The zero-order valence-electron chi connectivity index (χ0n) is 13.7. The summed E-state index contributed by atoms with van der Waals surface area (Å²) in [5.41, 5.74) is 8.87. The highest BCUT2D eigenvalue weighted by Crippen LogP contribution is 2.19. The normalized spacial score (nSPS) is 19.1. The molecule has 1 fully saturated rings. The molecule has 2 unspecified atom stereocenters. The van der Waals surface area contributed by atoms with E-state index in [9.17, 15) is 0 Å². The highest BCUT2D eigenvalue weighted by atomic mass is 15.2. The lowest BCUT2D eigenvalue weighted by atomic mass is 10.0. The molecule has 0 bridgehead atoms. The number of hydrogen-bond donors (Lipinski definition) is 2. The molecule has 3 heteroatoms. The number of rotatable bonds is 7. The largest absolute Gasteiger partial charge is 0.329 e. The summed E-state index contributed by atoms with van der Waals surface area (Å²) < 4.78 is 0. The fraction of sp³-hybridized carbons (Fsp3) is 0.400. The molecule has 2 aromatic carbocycles. The van der Waals surface area contributed by atoms with Crippen molar-refractivity contribution in [2.24, 2.45) is 5.73 Å². The van der Waals surface area contributed by atoms with E-state index in [4.69, 9.17) is 5.73 Å². The summed E-state index contributed by atoms with van der Waals surface area (Å²) in [4.78, 5) is 2.54. The predicted molar refractivity (Wildman–Crippen MR) is 96.0 cm³/mol. The Balaban J connectivity index is 1.79. The maximum atomic E-state index is 6.18. The van der Waals surface area contributed by atoms with E-state index in [1.165, 1.54) is 24.0 Å². The number of hydrogen-bond acceptors (Lipinski definition) is 3. The maximum Gasteiger partial charge on any atom is 0.0378 e. The molecule has 0 spiro atoms. The predicted octanol–water partition coefficient (Wildman–Crippen LogP) is 2.77. The van der Waals surface area contributed by atoms with Crippen LogP contribution in [0.3, 0.4) is 0 Å². The highest BCUT2D eigenvalue weighted by molar-refractivity contribution is 5.17. The lowest BCUT2D eigenvalue weighted by Gasteiger charge is -2.35. The number of nitrogens with two attached hydrogens (primary N) is 1. The van der Waals surface area contributed by atoms with Gasteiger partial charge in [-0.1, -0.05) is 60.7 Å². The van der Waals surface area contributed by atoms with Crippen LogP contribution in [0.25, 0.3) is 0 Å². The Morgan fingerprint density at radius 3 is 1.96 bits per heavy atom. The fourth-order valence-electron chi connectivity index (χ4n) is 3.53. The van der Waals surface area contributed by atoms with E-state index in [0.29, 0.717) is 18.6 Å². The van der Waals surface area contributed by atoms with Crippen LogP contribution in [0.15, 0.2) is 60.7 Å². The van der Waals surface area contributed by atoms with E-state index in [0.717, 1.165) is 19.6 Å². The fourth-order valence-corrected chi connectivity index (χ4v) is 3.53. The quantitative estimate of drug-likeness (QED) is 0.826. The van der Waals surface area contributed by atoms with Crippen molar-refractivity contribution in [1.82, 2.24) is 10.2 Å². The van der Waals surface area contributed by atoms with Gasteiger partial charge in [0.2, 0.25) is 0 Å². The van der Waals surface area contributed by atoms with Crippen molar-refractivity contribution in [2.45, 2.75) is 38.0 Å². The monoisotopic (exact) mass is 309 g/mol. The number of nitrogens with zero attached hydrogens (tertiary/aromatic N) is 1. The minimum absolute atomic E-state index is 0.373. The zero-order chi connectivity index (χ0) is 15.9. The molecule has 23 heavy (non-hydrogen) atoms. The summed E-state index contributed by atoms with van der Waals surface area (Å²) in [6.07, 6.45) is 2.48. The van der Waals surface area contributed by atoms with Crippen LogP contribution in [0.4, 0.5) is 0 Å². The molecule has 3 N–H and O–H groups in total. The van der Waals surface area contributed by atoms with Gasteiger partial charge < -0.3 is 11.1 Å². The first-order valence-corrected chi connectivity index (χ1v) is 8.62. The highest BCUT2D eigenvalue weighted by Gasteiger charge is 2.28. The van der Waals surface area contributed by atoms with Crippen molar-refractivity contribution >= 4 is 0 Å². The molecular weight excluding hydrogens is 282 g/mol. The van der Waals surface area contributed by atoms with Crippen molar-refractivity contribution in [3.05, 3.63) is 71.8 Å². The van der Waals surface area contributed by atoms with E-state index in [1.54, 1.807) is 0 Å². The van der Waals surface area contributed by atoms with E-state index < -0.39 is 0 Å². The molecule has 2 atom stereocenters. The molecule has 0 amide bonds. The second-order valence-corrected chi connectivity index (χ2v) is 6.38. The molecule has 122 valence electrons. The van der Waals surface area contributed by atoms with Gasteiger partial charge in [0.1, 0.15) is 0 Å². The van der Waals surface area contributed by atoms with Gasteiger partial charge in [-0.05, 0) is 30.5 Å². The second kappa shape index (κ2) is 8.25. The molecule has 0 radical (unpaired) electrons. The van der Waals surface area contributed by atoms with Crippen LogP contribution in [-0.4, -0.2) is 30.1 Å². The molecule has 0 aliphatic carbocycles. The van der Waals surface area contributed by atoms with Crippen LogP contribution < -0.4 is 11.1 Å². The van der Waals surface area contributed by atoms with Gasteiger partial charge in [0.25, 0.3) is 0 Å². The second-order valence-electron chi connectivity index (χ2n) is 6.38. The van der Waals surface area contributed by atoms with Gasteiger partial charge in [-0.2, -0.15) is 0 Å². The Hall–Kier alpha value is -1.68. The first-order chi connectivity index (χ1) is 11.4. The Bertz CT molecular complexity index is 522. The minimum atomic E-state index is 0.373. The Morgan fingerprint density at radius 1 is 0.957 bits per heavy atom. The van der Waals surface area contributed by atoms with E-state index in [-0.39, 0.29) is 0 Å². The van der Waals surface area contributed by atoms with Gasteiger partial charge in [0.05, 0.1) is 0 Å². The van der Waals surface area contributed by atoms with Crippen LogP contribution in [0.2, 0.25) is 0 Å². The molecule has 0 aromatic heterocycles. The van der Waals surface area contributed by atoms with Gasteiger partial charge in [0.15, 0.2) is 0 Å². The Morgan fingerprint density at radius 2 is 1.52 bits per heavy atom. The van der Waals surface area contributed by atoms with Crippen molar-refractivity contribution in [1.29, 1.82) is 0 Å². The van der Waals surface area contributed by atoms with Gasteiger partial charge in [0, 0.05) is 31.7 Å². The molecule has 1 aliphatic heterocycles. The van der Waals surface area contributed by atoms with Crippen molar-refractivity contribution in [2.75, 3.05) is 13.1 Å². The van der Waals surface area contributed by atoms with E-state index >= 15 is 0 Å². The SMILES string of the molecule is NCC(C1CCCN1)N(Cc1ccccc1)Cc1ccccc1. The summed E-state index contributed by atoms with van der Waals surface area (Å²) in [6.45, 7) is 3.69. The van der Waals surface area contributed by atoms with Crippen molar-refractivity contribution < 1.29 is 0 Å². The third kappa shape index (κ3) is 4.41. The van der Waals surface area contributed by atoms with Crippen LogP contribution in [-0.2, 0) is 13.1 Å². The third-order valence-corrected chi connectivity index (χ3v) is 4.73. The summed E-state index contributed by atoms with van der Waals surface area (Å²) in [7, 11) is 0. The average Bonchev–Trinajstić information content (AvgIpc) is 3.12. The third-order valence-electron chi connectivity index (χ3n) is 4.73. The molecule has 3 nitrogen and oxygen atoms in total. The van der Waals surface area contributed by atoms with Crippen molar-refractivity contribution in [3.63, 3.8) is 0 Å². The number of nitrogens with one attached hydrogen (secondary N) is 1. The molecule has 1 aliphatic rings. The molecule has 1 heterocycles. The Kier molecular flexibility index (Phi) is 5.81. The van der Waals surface area contributed by atoms with Gasteiger partial charge >= 0.3 is 0 Å². The first-order valence-electron chi connectivity index (χ1n) is 8.62. The summed E-state index contributed by atoms with van der Waals surface area (Å²) in [6, 6.07) is 22.3. The summed E-state index contributed by atoms with van der Waals surface area (Å²) >= 11 is 0. The molecule has 1 saturated heterocycles. The van der Waals surface area contributed by atoms with Crippen LogP contribution in [0.5, 0.6) is 0 Å². The standard InChI is InChI=1S/C20H27N3/c21-14-20(19-12-7-13-22-19)23(15-17-8-3-1-4-9-17)16-18-10-5-2-6-11-18/h1-6,8-11,19-20,22H,7,12-16,21H2. The molecular formula is C20H27N3. The number of benzene rings is 2. The minimum Gasteiger partial charge on any atom is -0.329 e. The lowest BCUT2D eigenvalue weighted by Crippen LogP contribution is -2.51. The zero-order valence-corrected chi connectivity index (χ0v) is 13.7. The van der Waals surface area contributed by atoms with E-state index in [1.807, 2.05) is 0 Å². The Labute approximate surface area is 139 Å². The maximum absolute atomic E-state index is 6.18. The summed E-state index contributed by atoms with van der Waals surface area (Å²) in [5, 5.41) is 3.64. The molecule has 3 rings (SSSR count). The van der Waals surface area contributed by atoms with Crippen molar-refractivity contribution in [3.8, 4) is 0 Å². The molecule has 2 aromatic rings. The smallest absolute Gasteiger partial charge is 0.0378 e. The van der Waals surface area contributed by atoms with E-state index in [2.05, 4.69) is 70.9 Å². The first kappa shape index (κ1) is 16.2. The molecule has 0 saturated carbocycles. The van der Waals surface area contributed by atoms with Crippen LogP contribution in [0.1, 0.15) is 24.0 Å². The topological polar surface area (TPSA) is 41.3 Å². The van der Waals surface area contributed by atoms with Gasteiger partial charge in [-0.15, -0.1) is 0 Å². The van der Waals surface area contributed by atoms with Crippen LogP contribution >= 0.6 is 0 Å². The van der Waals surface area contributed by atoms with Gasteiger partial charge in [-0.25, -0.2) is 0 Å². The lowest BCUT2D eigenvalue weighted by molar-refractivity contribution is 0.151. The average molecular weight is 309 g/mol. The van der Waals surface area contributed by atoms with Gasteiger partial charge in [-0.3, -0.25) is 4.90 Å². The van der Waals surface area contributed by atoms with Crippen LogP contribution in [0, 0.1) is 0 Å². The summed E-state index contributed by atoms with van der Waals surface area (Å²) in [5.74, 6) is 0.